The topological polar surface area (TPSA) is 89.7 Å². The number of nitro groups is 1. The minimum absolute atomic E-state index is 0.137. The maximum Gasteiger partial charge on any atom is 0.505 e. The number of ether oxygens (including phenoxy) is 1. The average molecular weight is 199 g/mol. The summed E-state index contributed by atoms with van der Waals surface area (Å²) >= 11 is 0. The van der Waals surface area contributed by atoms with Crippen LogP contribution in [0.2, 0.25) is 0 Å². The van der Waals surface area contributed by atoms with E-state index < -0.39 is 11.1 Å². The third kappa shape index (κ3) is 5.53. The monoisotopic (exact) mass is 199 g/mol. The molecule has 1 rings (SSSR count). The van der Waals surface area contributed by atoms with Crippen molar-refractivity contribution in [2.45, 2.75) is 0 Å². The maximum atomic E-state index is 10.0. The van der Waals surface area contributed by atoms with E-state index >= 15 is 0 Å². The Bertz CT molecular complexity index is 298. The number of hydrogen-bond donors (Lipinski definition) is 1. The van der Waals surface area contributed by atoms with Gasteiger partial charge in [-0.15, -0.1) is 0 Å². The Morgan fingerprint density at radius 2 is 1.86 bits per heavy atom. The normalized spacial score (nSPS) is 8.07. The molecule has 76 valence electrons. The fraction of sp³-hybridized carbons (Fsp3) is 0.125. The Hall–Kier alpha value is -2.11. The summed E-state index contributed by atoms with van der Waals surface area (Å²) in [5, 5.41) is 17.5. The van der Waals surface area contributed by atoms with Crippen molar-refractivity contribution in [1.29, 1.82) is 0 Å². The predicted octanol–water partition coefficient (Wildman–Crippen LogP) is 1.91. The summed E-state index contributed by atoms with van der Waals surface area (Å²) in [6, 6.07) is 7.93. The van der Waals surface area contributed by atoms with E-state index in [2.05, 4.69) is 4.74 Å². The lowest BCUT2D eigenvalue weighted by molar-refractivity contribution is -0.384. The summed E-state index contributed by atoms with van der Waals surface area (Å²) in [6.07, 6.45) is -1.25. The van der Waals surface area contributed by atoms with Gasteiger partial charge in [-0.1, -0.05) is 18.2 Å². The first kappa shape index (κ1) is 11.9. The molecule has 1 aromatic carbocycles. The lowest BCUT2D eigenvalue weighted by atomic mass is 10.3. The lowest BCUT2D eigenvalue weighted by Crippen LogP contribution is -1.91. The molecule has 6 nitrogen and oxygen atoms in total. The number of benzene rings is 1. The van der Waals surface area contributed by atoms with E-state index in [4.69, 9.17) is 9.90 Å². The van der Waals surface area contributed by atoms with Crippen LogP contribution < -0.4 is 0 Å². The molecule has 0 bridgehead atoms. The fourth-order valence-corrected chi connectivity index (χ4v) is 0.550. The summed E-state index contributed by atoms with van der Waals surface area (Å²) in [5.74, 6) is 0. The van der Waals surface area contributed by atoms with Gasteiger partial charge in [-0.2, -0.15) is 0 Å². The van der Waals surface area contributed by atoms with Crippen LogP contribution in [-0.4, -0.2) is 23.3 Å². The van der Waals surface area contributed by atoms with Gasteiger partial charge < -0.3 is 9.84 Å². The second-order valence-corrected chi connectivity index (χ2v) is 2.06. The molecule has 0 fully saturated rings. The molecule has 1 aromatic rings. The first-order valence-corrected chi connectivity index (χ1v) is 3.54. The summed E-state index contributed by atoms with van der Waals surface area (Å²) in [7, 11) is 1.10. The summed E-state index contributed by atoms with van der Waals surface area (Å²) in [5.41, 5.74) is 0.137. The molecular formula is C8H9NO5. The van der Waals surface area contributed by atoms with Crippen LogP contribution >= 0.6 is 0 Å². The van der Waals surface area contributed by atoms with Crippen LogP contribution in [0.5, 0.6) is 0 Å². The zero-order valence-corrected chi connectivity index (χ0v) is 7.41. The summed E-state index contributed by atoms with van der Waals surface area (Å²) in [4.78, 5) is 18.7. The van der Waals surface area contributed by atoms with Crippen molar-refractivity contribution >= 4 is 11.8 Å². The van der Waals surface area contributed by atoms with Crippen molar-refractivity contribution < 1.29 is 19.6 Å². The maximum absolute atomic E-state index is 10.0. The Morgan fingerprint density at radius 3 is 2.07 bits per heavy atom. The summed E-state index contributed by atoms with van der Waals surface area (Å²) < 4.78 is 3.67. The Labute approximate surface area is 79.9 Å². The second-order valence-electron chi connectivity index (χ2n) is 2.06. The number of nitrogens with zero attached hydrogens (tertiary/aromatic N) is 1. The summed E-state index contributed by atoms with van der Waals surface area (Å²) in [6.45, 7) is 0. The first-order chi connectivity index (χ1) is 6.57. The highest BCUT2D eigenvalue weighted by Crippen LogP contribution is 2.06. The van der Waals surface area contributed by atoms with E-state index in [0.29, 0.717) is 0 Å². The molecule has 0 radical (unpaired) electrons. The van der Waals surface area contributed by atoms with E-state index in [-0.39, 0.29) is 5.69 Å². The minimum atomic E-state index is -1.25. The van der Waals surface area contributed by atoms with E-state index in [1.54, 1.807) is 18.2 Å². The molecule has 0 atom stereocenters. The van der Waals surface area contributed by atoms with Gasteiger partial charge in [-0.25, -0.2) is 4.79 Å². The first-order valence-electron chi connectivity index (χ1n) is 3.54. The molecule has 0 heterocycles. The van der Waals surface area contributed by atoms with Crippen LogP contribution in [0.3, 0.4) is 0 Å². The lowest BCUT2D eigenvalue weighted by Gasteiger charge is -1.85. The molecular weight excluding hydrogens is 190 g/mol. The third-order valence-electron chi connectivity index (χ3n) is 1.14. The van der Waals surface area contributed by atoms with Crippen molar-refractivity contribution in [3.8, 4) is 0 Å². The molecule has 0 aliphatic rings. The second kappa shape index (κ2) is 6.41. The van der Waals surface area contributed by atoms with Crippen molar-refractivity contribution in [3.05, 3.63) is 40.4 Å². The number of hydrogen-bond acceptors (Lipinski definition) is 4. The quantitative estimate of drug-likeness (QED) is 0.423. The van der Waals surface area contributed by atoms with Crippen molar-refractivity contribution in [1.82, 2.24) is 0 Å². The van der Waals surface area contributed by atoms with Crippen LogP contribution in [-0.2, 0) is 4.74 Å². The molecule has 0 aromatic heterocycles. The van der Waals surface area contributed by atoms with Crippen LogP contribution in [0.4, 0.5) is 10.5 Å². The Morgan fingerprint density at radius 1 is 1.43 bits per heavy atom. The number of non-ortho nitro benzene ring substituents is 1. The van der Waals surface area contributed by atoms with Gasteiger partial charge in [0.05, 0.1) is 12.0 Å². The van der Waals surface area contributed by atoms with Gasteiger partial charge in [0.25, 0.3) is 5.69 Å². The zero-order valence-electron chi connectivity index (χ0n) is 7.41. The van der Waals surface area contributed by atoms with Crippen molar-refractivity contribution in [3.63, 3.8) is 0 Å². The van der Waals surface area contributed by atoms with E-state index in [0.717, 1.165) is 7.11 Å². The number of carbonyl (C=O) groups is 1. The number of methoxy groups -OCH3 is 1. The van der Waals surface area contributed by atoms with Crippen molar-refractivity contribution in [2.75, 3.05) is 7.11 Å². The molecule has 0 spiro atoms. The van der Waals surface area contributed by atoms with Crippen LogP contribution in [0.15, 0.2) is 30.3 Å². The highest BCUT2D eigenvalue weighted by molar-refractivity contribution is 5.56. The van der Waals surface area contributed by atoms with E-state index in [1.807, 2.05) is 0 Å². The minimum Gasteiger partial charge on any atom is -0.450 e. The highest BCUT2D eigenvalue weighted by Gasteiger charge is 1.98. The fourth-order valence-electron chi connectivity index (χ4n) is 0.550. The highest BCUT2D eigenvalue weighted by atomic mass is 16.6. The molecule has 1 N–H and O–H groups in total. The zero-order chi connectivity index (χ0) is 11.0. The predicted molar refractivity (Wildman–Crippen MR) is 48.1 cm³/mol. The molecule has 0 saturated carbocycles. The molecule has 0 aliphatic heterocycles. The number of rotatable bonds is 1. The van der Waals surface area contributed by atoms with Gasteiger partial charge >= 0.3 is 6.16 Å². The molecule has 0 unspecified atom stereocenters. The van der Waals surface area contributed by atoms with E-state index in [9.17, 15) is 10.1 Å². The van der Waals surface area contributed by atoms with E-state index in [1.165, 1.54) is 12.1 Å². The molecule has 6 heteroatoms. The number of carboxylic acid groups (broad SMARTS) is 1. The van der Waals surface area contributed by atoms with Gasteiger partial charge in [0.15, 0.2) is 0 Å². The van der Waals surface area contributed by atoms with Gasteiger partial charge in [0.2, 0.25) is 0 Å². The largest absolute Gasteiger partial charge is 0.505 e. The molecule has 0 saturated heterocycles. The van der Waals surface area contributed by atoms with Crippen LogP contribution in [0.25, 0.3) is 0 Å². The number of nitro benzene ring substituents is 1. The average Bonchev–Trinajstić information content (AvgIpc) is 2.20. The number of para-hydroxylation sites is 1. The van der Waals surface area contributed by atoms with Gasteiger partial charge in [-0.3, -0.25) is 10.1 Å². The standard InChI is InChI=1S/C6H5NO2.C2H4O3/c8-7(9)6-4-2-1-3-5-6;1-5-2(3)4/h1-5H;1H3,(H,3,4). The van der Waals surface area contributed by atoms with Gasteiger partial charge in [0.1, 0.15) is 0 Å². The van der Waals surface area contributed by atoms with Crippen molar-refractivity contribution in [2.24, 2.45) is 0 Å². The van der Waals surface area contributed by atoms with Crippen LogP contribution in [0, 0.1) is 10.1 Å². The third-order valence-corrected chi connectivity index (χ3v) is 1.14. The SMILES string of the molecule is COC(=O)O.O=[N+]([O-])c1ccccc1. The molecule has 0 amide bonds. The van der Waals surface area contributed by atoms with Gasteiger partial charge in [-0.05, 0) is 0 Å². The molecule has 14 heavy (non-hydrogen) atoms. The smallest absolute Gasteiger partial charge is 0.450 e. The molecule has 0 aliphatic carbocycles. The Balaban J connectivity index is 0.000000292. The van der Waals surface area contributed by atoms with Crippen LogP contribution in [0.1, 0.15) is 0 Å². The Kier molecular flexibility index (Phi) is 5.44. The van der Waals surface area contributed by atoms with Gasteiger partial charge in [0, 0.05) is 12.1 Å².